The van der Waals surface area contributed by atoms with Crippen LogP contribution >= 0.6 is 0 Å². The molecule has 6 heteroatoms. The molecule has 17 heavy (non-hydrogen) atoms. The fraction of sp³-hybridized carbons (Fsp3) is 0.818. The number of aliphatic carboxylic acids is 1. The van der Waals surface area contributed by atoms with Gasteiger partial charge in [-0.3, -0.25) is 9.59 Å². The number of hydrogen-bond donors (Lipinski definition) is 1. The predicted molar refractivity (Wildman–Crippen MR) is 59.7 cm³/mol. The molecule has 1 unspecified atom stereocenters. The number of ether oxygens (including phenoxy) is 3. The van der Waals surface area contributed by atoms with Gasteiger partial charge in [0.2, 0.25) is 0 Å². The third kappa shape index (κ3) is 5.14. The Morgan fingerprint density at radius 1 is 1.18 bits per heavy atom. The van der Waals surface area contributed by atoms with Crippen molar-refractivity contribution in [2.75, 3.05) is 34.0 Å². The van der Waals surface area contributed by atoms with Crippen LogP contribution in [0.25, 0.3) is 0 Å². The Hall–Kier alpha value is -1.14. The van der Waals surface area contributed by atoms with E-state index in [9.17, 15) is 9.59 Å². The number of carbonyl (C=O) groups excluding carboxylic acids is 1. The molecule has 1 atom stereocenters. The van der Waals surface area contributed by atoms with Gasteiger partial charge in [-0.05, 0) is 19.8 Å². The van der Waals surface area contributed by atoms with E-state index in [2.05, 4.69) is 4.74 Å². The summed E-state index contributed by atoms with van der Waals surface area (Å²) in [4.78, 5) is 22.4. The van der Waals surface area contributed by atoms with E-state index < -0.39 is 17.4 Å². The Kier molecular flexibility index (Phi) is 7.49. The second-order valence-electron chi connectivity index (χ2n) is 3.84. The fourth-order valence-corrected chi connectivity index (χ4v) is 1.29. The first-order valence-corrected chi connectivity index (χ1v) is 5.37. The molecule has 0 aromatic rings. The second kappa shape index (κ2) is 8.03. The number of carbonyl (C=O) groups is 2. The molecule has 0 radical (unpaired) electrons. The normalized spacial score (nSPS) is 14.1. The van der Waals surface area contributed by atoms with Crippen molar-refractivity contribution in [1.82, 2.24) is 0 Å². The van der Waals surface area contributed by atoms with Crippen LogP contribution in [0.2, 0.25) is 0 Å². The molecule has 6 nitrogen and oxygen atoms in total. The minimum Gasteiger partial charge on any atom is -0.480 e. The van der Waals surface area contributed by atoms with Crippen molar-refractivity contribution in [3.63, 3.8) is 0 Å². The molecule has 0 rings (SSSR count). The monoisotopic (exact) mass is 248 g/mol. The predicted octanol–water partition coefficient (Wildman–Crippen LogP) is 0.693. The lowest BCUT2D eigenvalue weighted by Crippen LogP contribution is -2.37. The minimum atomic E-state index is -1.50. The third-order valence-electron chi connectivity index (χ3n) is 2.51. The van der Waals surface area contributed by atoms with Gasteiger partial charge in [-0.25, -0.2) is 0 Å². The molecule has 0 saturated heterocycles. The molecule has 0 aliphatic rings. The summed E-state index contributed by atoms with van der Waals surface area (Å²) >= 11 is 0. The van der Waals surface area contributed by atoms with E-state index >= 15 is 0 Å². The van der Waals surface area contributed by atoms with Crippen LogP contribution in [0.4, 0.5) is 0 Å². The van der Waals surface area contributed by atoms with E-state index in [4.69, 9.17) is 14.6 Å². The van der Waals surface area contributed by atoms with Gasteiger partial charge in [-0.15, -0.1) is 0 Å². The van der Waals surface area contributed by atoms with Crippen LogP contribution in [0.5, 0.6) is 0 Å². The number of carboxylic acids is 1. The van der Waals surface area contributed by atoms with Gasteiger partial charge < -0.3 is 19.3 Å². The smallest absolute Gasteiger partial charge is 0.322 e. The molecule has 1 N–H and O–H groups in total. The maximum Gasteiger partial charge on any atom is 0.322 e. The maximum absolute atomic E-state index is 11.4. The second-order valence-corrected chi connectivity index (χ2v) is 3.84. The lowest BCUT2D eigenvalue weighted by molar-refractivity contribution is -0.166. The van der Waals surface area contributed by atoms with Gasteiger partial charge in [0.25, 0.3) is 0 Å². The molecule has 0 aliphatic carbocycles. The van der Waals surface area contributed by atoms with Gasteiger partial charge in [0.1, 0.15) is 0 Å². The summed E-state index contributed by atoms with van der Waals surface area (Å²) in [5.74, 6) is -1.91. The van der Waals surface area contributed by atoms with Crippen molar-refractivity contribution >= 4 is 11.9 Å². The maximum atomic E-state index is 11.4. The fourth-order valence-electron chi connectivity index (χ4n) is 1.29. The Morgan fingerprint density at radius 2 is 1.82 bits per heavy atom. The lowest BCUT2D eigenvalue weighted by atomic mass is 9.86. The molecule has 100 valence electrons. The van der Waals surface area contributed by atoms with Gasteiger partial charge in [-0.1, -0.05) is 0 Å². The summed E-state index contributed by atoms with van der Waals surface area (Å²) in [5.41, 5.74) is -1.50. The van der Waals surface area contributed by atoms with Crippen molar-refractivity contribution in [3.05, 3.63) is 0 Å². The van der Waals surface area contributed by atoms with Crippen LogP contribution in [-0.2, 0) is 23.8 Å². The molecule has 0 saturated carbocycles. The molecule has 0 heterocycles. The van der Waals surface area contributed by atoms with Crippen molar-refractivity contribution in [3.8, 4) is 0 Å². The summed E-state index contributed by atoms with van der Waals surface area (Å²) in [6.07, 6.45) is 0.656. The largest absolute Gasteiger partial charge is 0.480 e. The first-order valence-electron chi connectivity index (χ1n) is 5.37. The third-order valence-corrected chi connectivity index (χ3v) is 2.51. The topological polar surface area (TPSA) is 82.1 Å². The molecule has 0 aliphatic heterocycles. The Balaban J connectivity index is 4.03. The molecule has 0 bridgehead atoms. The molecular weight excluding hydrogens is 228 g/mol. The standard InChI is InChI=1S/C11H20O6/c1-11(9(12)13,10(14)16-3)5-4-6-17-8-7-15-2/h4-8H2,1-3H3,(H,12,13). The minimum absolute atomic E-state index is 0.183. The number of methoxy groups -OCH3 is 2. The molecule has 0 amide bonds. The Labute approximate surface area is 101 Å². The molecule has 0 aromatic carbocycles. The van der Waals surface area contributed by atoms with Gasteiger partial charge in [-0.2, -0.15) is 0 Å². The van der Waals surface area contributed by atoms with E-state index in [0.717, 1.165) is 0 Å². The average Bonchev–Trinajstić information content (AvgIpc) is 2.31. The Bertz CT molecular complexity index is 252. The van der Waals surface area contributed by atoms with Crippen LogP contribution in [0, 0.1) is 5.41 Å². The van der Waals surface area contributed by atoms with Gasteiger partial charge in [0.15, 0.2) is 5.41 Å². The van der Waals surface area contributed by atoms with Crippen LogP contribution < -0.4 is 0 Å². The van der Waals surface area contributed by atoms with Crippen LogP contribution in [-0.4, -0.2) is 51.1 Å². The first kappa shape index (κ1) is 15.9. The van der Waals surface area contributed by atoms with Crippen LogP contribution in [0.1, 0.15) is 19.8 Å². The van der Waals surface area contributed by atoms with E-state index in [1.54, 1.807) is 7.11 Å². The van der Waals surface area contributed by atoms with Gasteiger partial charge in [0, 0.05) is 13.7 Å². The molecule has 0 aromatic heterocycles. The average molecular weight is 248 g/mol. The summed E-state index contributed by atoms with van der Waals surface area (Å²) in [5, 5.41) is 9.01. The van der Waals surface area contributed by atoms with Crippen LogP contribution in [0.15, 0.2) is 0 Å². The van der Waals surface area contributed by atoms with Crippen molar-refractivity contribution < 1.29 is 28.9 Å². The quantitative estimate of drug-likeness (QED) is 0.367. The van der Waals surface area contributed by atoms with E-state index in [0.29, 0.717) is 26.2 Å². The molecule has 0 fully saturated rings. The van der Waals surface area contributed by atoms with Crippen molar-refractivity contribution in [1.29, 1.82) is 0 Å². The lowest BCUT2D eigenvalue weighted by Gasteiger charge is -2.21. The highest BCUT2D eigenvalue weighted by Gasteiger charge is 2.41. The van der Waals surface area contributed by atoms with Crippen molar-refractivity contribution in [2.45, 2.75) is 19.8 Å². The van der Waals surface area contributed by atoms with E-state index in [1.807, 2.05) is 0 Å². The highest BCUT2D eigenvalue weighted by molar-refractivity contribution is 5.98. The summed E-state index contributed by atoms with van der Waals surface area (Å²) in [7, 11) is 2.75. The van der Waals surface area contributed by atoms with E-state index in [-0.39, 0.29) is 6.42 Å². The van der Waals surface area contributed by atoms with E-state index in [1.165, 1.54) is 14.0 Å². The van der Waals surface area contributed by atoms with Crippen molar-refractivity contribution in [2.24, 2.45) is 5.41 Å². The number of carboxylic acid groups (broad SMARTS) is 1. The van der Waals surface area contributed by atoms with Gasteiger partial charge >= 0.3 is 11.9 Å². The zero-order valence-electron chi connectivity index (χ0n) is 10.5. The zero-order chi connectivity index (χ0) is 13.3. The zero-order valence-corrected chi connectivity index (χ0v) is 10.5. The summed E-state index contributed by atoms with van der Waals surface area (Å²) < 4.78 is 14.5. The number of hydrogen-bond acceptors (Lipinski definition) is 5. The van der Waals surface area contributed by atoms with Gasteiger partial charge in [0.05, 0.1) is 20.3 Å². The van der Waals surface area contributed by atoms with Crippen LogP contribution in [0.3, 0.4) is 0 Å². The SMILES string of the molecule is COCCOCCCC(C)(C(=O)O)C(=O)OC. The first-order chi connectivity index (χ1) is 7.99. The Morgan fingerprint density at radius 3 is 2.29 bits per heavy atom. The summed E-state index contributed by atoms with van der Waals surface area (Å²) in [6.45, 7) is 2.70. The number of rotatable bonds is 9. The molecular formula is C11H20O6. The highest BCUT2D eigenvalue weighted by Crippen LogP contribution is 2.25. The number of esters is 1. The summed E-state index contributed by atoms with van der Waals surface area (Å²) in [6, 6.07) is 0. The molecule has 0 spiro atoms. The highest BCUT2D eigenvalue weighted by atomic mass is 16.5.